The highest BCUT2D eigenvalue weighted by Gasteiger charge is 2.45. The zero-order chi connectivity index (χ0) is 14.3. The van der Waals surface area contributed by atoms with Gasteiger partial charge in [-0.15, -0.1) is 0 Å². The molecule has 3 heterocycles. The molecule has 0 spiro atoms. The van der Waals surface area contributed by atoms with Crippen LogP contribution >= 0.6 is 0 Å². The normalized spacial score (nSPS) is 25.7. The van der Waals surface area contributed by atoms with E-state index >= 15 is 0 Å². The van der Waals surface area contributed by atoms with E-state index in [0.29, 0.717) is 18.9 Å². The number of benzene rings is 1. The molecule has 0 saturated carbocycles. The van der Waals surface area contributed by atoms with Crippen molar-refractivity contribution in [2.24, 2.45) is 0 Å². The number of ether oxygens (including phenoxy) is 2. The average Bonchev–Trinajstić information content (AvgIpc) is 3.19. The lowest BCUT2D eigenvalue weighted by Crippen LogP contribution is -2.33. The fourth-order valence-corrected chi connectivity index (χ4v) is 2.63. The van der Waals surface area contributed by atoms with Crippen molar-refractivity contribution in [2.45, 2.75) is 25.4 Å². The minimum Gasteiger partial charge on any atom is -0.455 e. The molecule has 2 aromatic heterocycles. The minimum atomic E-state index is -0.952. The van der Waals surface area contributed by atoms with Gasteiger partial charge in [0.2, 0.25) is 5.79 Å². The molecule has 0 aliphatic carbocycles. The van der Waals surface area contributed by atoms with Crippen LogP contribution in [-0.2, 0) is 21.8 Å². The number of fused-ring (bicyclic) bond motifs is 1. The SMILES string of the molecule is C[C@@H]1CO[C@@](Cn2cncn2)(c2cc3ccccc3o2)O1. The van der Waals surface area contributed by atoms with E-state index in [4.69, 9.17) is 13.9 Å². The third kappa shape index (κ3) is 2.12. The molecule has 1 aromatic carbocycles. The van der Waals surface area contributed by atoms with Crippen molar-refractivity contribution in [1.29, 1.82) is 0 Å². The monoisotopic (exact) mass is 285 g/mol. The van der Waals surface area contributed by atoms with Crippen LogP contribution in [0.4, 0.5) is 0 Å². The number of furan rings is 1. The van der Waals surface area contributed by atoms with Crippen LogP contribution < -0.4 is 0 Å². The maximum absolute atomic E-state index is 6.03. The predicted octanol–water partition coefficient (Wildman–Crippen LogP) is 2.31. The average molecular weight is 285 g/mol. The maximum atomic E-state index is 6.03. The summed E-state index contributed by atoms with van der Waals surface area (Å²) < 4.78 is 19.6. The first-order chi connectivity index (χ1) is 10.3. The Kier molecular flexibility index (Phi) is 2.80. The fraction of sp³-hybridized carbons (Fsp3) is 0.333. The number of hydrogen-bond donors (Lipinski definition) is 0. The van der Waals surface area contributed by atoms with Crippen LogP contribution in [0.3, 0.4) is 0 Å². The smallest absolute Gasteiger partial charge is 0.249 e. The molecule has 1 aliphatic rings. The van der Waals surface area contributed by atoms with E-state index in [9.17, 15) is 0 Å². The van der Waals surface area contributed by atoms with Gasteiger partial charge in [-0.2, -0.15) is 5.10 Å². The zero-order valence-electron chi connectivity index (χ0n) is 11.6. The molecule has 21 heavy (non-hydrogen) atoms. The van der Waals surface area contributed by atoms with E-state index in [1.807, 2.05) is 37.3 Å². The molecule has 0 N–H and O–H groups in total. The topological polar surface area (TPSA) is 62.3 Å². The standard InChI is InChI=1S/C15H15N3O3/c1-11-7-19-15(21-11,8-18-10-16-9-17-18)14-6-12-4-2-3-5-13(12)20-14/h2-6,9-11H,7-8H2,1H3/t11-,15-/m1/s1. The molecule has 0 bridgehead atoms. The third-order valence-electron chi connectivity index (χ3n) is 3.58. The van der Waals surface area contributed by atoms with Crippen LogP contribution in [-0.4, -0.2) is 27.5 Å². The lowest BCUT2D eigenvalue weighted by Gasteiger charge is -2.25. The largest absolute Gasteiger partial charge is 0.455 e. The molecule has 4 rings (SSSR count). The van der Waals surface area contributed by atoms with Crippen molar-refractivity contribution in [1.82, 2.24) is 14.8 Å². The number of para-hydroxylation sites is 1. The Morgan fingerprint density at radius 3 is 3.00 bits per heavy atom. The minimum absolute atomic E-state index is 0.00161. The highest BCUT2D eigenvalue weighted by Crippen LogP contribution is 2.38. The summed E-state index contributed by atoms with van der Waals surface area (Å²) in [5.41, 5.74) is 0.817. The van der Waals surface area contributed by atoms with E-state index in [2.05, 4.69) is 10.1 Å². The molecular weight excluding hydrogens is 270 g/mol. The van der Waals surface area contributed by atoms with Gasteiger partial charge in [-0.1, -0.05) is 18.2 Å². The van der Waals surface area contributed by atoms with E-state index in [-0.39, 0.29) is 6.10 Å². The first kappa shape index (κ1) is 12.6. The first-order valence-corrected chi connectivity index (χ1v) is 6.88. The lowest BCUT2D eigenvalue weighted by atomic mass is 10.2. The second kappa shape index (κ2) is 4.68. The van der Waals surface area contributed by atoms with Crippen LogP contribution in [0.2, 0.25) is 0 Å². The Bertz CT molecular complexity index is 719. The zero-order valence-corrected chi connectivity index (χ0v) is 11.6. The fourth-order valence-electron chi connectivity index (χ4n) is 2.63. The second-order valence-electron chi connectivity index (χ2n) is 5.23. The number of rotatable bonds is 3. The van der Waals surface area contributed by atoms with Gasteiger partial charge in [-0.3, -0.25) is 0 Å². The molecule has 0 unspecified atom stereocenters. The van der Waals surface area contributed by atoms with Crippen molar-refractivity contribution in [3.05, 3.63) is 48.7 Å². The summed E-state index contributed by atoms with van der Waals surface area (Å²) in [5, 5.41) is 5.16. The summed E-state index contributed by atoms with van der Waals surface area (Å²) >= 11 is 0. The molecular formula is C15H15N3O3. The molecule has 2 atom stereocenters. The van der Waals surface area contributed by atoms with E-state index in [0.717, 1.165) is 11.0 Å². The van der Waals surface area contributed by atoms with Gasteiger partial charge >= 0.3 is 0 Å². The Morgan fingerprint density at radius 1 is 1.38 bits per heavy atom. The van der Waals surface area contributed by atoms with Gasteiger partial charge in [-0.05, 0) is 19.1 Å². The Balaban J connectivity index is 1.78. The van der Waals surface area contributed by atoms with Crippen molar-refractivity contribution in [2.75, 3.05) is 6.61 Å². The summed E-state index contributed by atoms with van der Waals surface area (Å²) in [6.07, 6.45) is 3.13. The summed E-state index contributed by atoms with van der Waals surface area (Å²) in [5.74, 6) is -0.296. The van der Waals surface area contributed by atoms with Gasteiger partial charge in [-0.25, -0.2) is 9.67 Å². The van der Waals surface area contributed by atoms with Crippen LogP contribution in [0.1, 0.15) is 12.7 Å². The number of aromatic nitrogens is 3. The Morgan fingerprint density at radius 2 is 2.29 bits per heavy atom. The summed E-state index contributed by atoms with van der Waals surface area (Å²) in [6.45, 7) is 2.90. The van der Waals surface area contributed by atoms with E-state index in [1.165, 1.54) is 6.33 Å². The number of nitrogens with zero attached hydrogens (tertiary/aromatic N) is 3. The van der Waals surface area contributed by atoms with Crippen LogP contribution in [0, 0.1) is 0 Å². The van der Waals surface area contributed by atoms with E-state index < -0.39 is 5.79 Å². The van der Waals surface area contributed by atoms with Gasteiger partial charge in [0, 0.05) is 5.39 Å². The second-order valence-corrected chi connectivity index (χ2v) is 5.23. The highest BCUT2D eigenvalue weighted by atomic mass is 16.8. The molecule has 0 amide bonds. The summed E-state index contributed by atoms with van der Waals surface area (Å²) in [4.78, 5) is 3.96. The van der Waals surface area contributed by atoms with Crippen LogP contribution in [0.5, 0.6) is 0 Å². The van der Waals surface area contributed by atoms with Gasteiger partial charge in [0.05, 0.1) is 12.7 Å². The summed E-state index contributed by atoms with van der Waals surface area (Å²) in [6, 6.07) is 9.82. The molecule has 1 saturated heterocycles. The van der Waals surface area contributed by atoms with Gasteiger partial charge in [0.1, 0.15) is 24.8 Å². The Hall–Kier alpha value is -2.18. The maximum Gasteiger partial charge on any atom is 0.249 e. The van der Waals surface area contributed by atoms with Gasteiger partial charge in [0.15, 0.2) is 5.76 Å². The highest BCUT2D eigenvalue weighted by molar-refractivity contribution is 5.77. The quantitative estimate of drug-likeness (QED) is 0.739. The third-order valence-corrected chi connectivity index (χ3v) is 3.58. The molecule has 3 aromatic rings. The summed E-state index contributed by atoms with van der Waals surface area (Å²) in [7, 11) is 0. The lowest BCUT2D eigenvalue weighted by molar-refractivity contribution is -0.198. The van der Waals surface area contributed by atoms with Gasteiger partial charge < -0.3 is 13.9 Å². The van der Waals surface area contributed by atoms with Crippen LogP contribution in [0.25, 0.3) is 11.0 Å². The molecule has 1 fully saturated rings. The predicted molar refractivity (Wildman–Crippen MR) is 74.4 cm³/mol. The van der Waals surface area contributed by atoms with E-state index in [1.54, 1.807) is 11.0 Å². The van der Waals surface area contributed by atoms with Gasteiger partial charge in [0.25, 0.3) is 0 Å². The van der Waals surface area contributed by atoms with Crippen LogP contribution in [0.15, 0.2) is 47.4 Å². The molecule has 6 heteroatoms. The molecule has 0 radical (unpaired) electrons. The van der Waals surface area contributed by atoms with Crippen molar-refractivity contribution in [3.63, 3.8) is 0 Å². The first-order valence-electron chi connectivity index (χ1n) is 6.88. The molecule has 108 valence electrons. The number of hydrogen-bond acceptors (Lipinski definition) is 5. The molecule has 1 aliphatic heterocycles. The van der Waals surface area contributed by atoms with Crippen molar-refractivity contribution >= 4 is 11.0 Å². The van der Waals surface area contributed by atoms with Crippen molar-refractivity contribution < 1.29 is 13.9 Å². The Labute approximate surface area is 121 Å². The van der Waals surface area contributed by atoms with Crippen molar-refractivity contribution in [3.8, 4) is 0 Å². The molecule has 6 nitrogen and oxygen atoms in total.